The highest BCUT2D eigenvalue weighted by Gasteiger charge is 2.25. The largest absolute Gasteiger partial charge is 0.271 e. The Morgan fingerprint density at radius 3 is 2.56 bits per heavy atom. The monoisotopic (exact) mass is 243 g/mol. The van der Waals surface area contributed by atoms with Gasteiger partial charge in [-0.3, -0.25) is 14.8 Å². The number of pyridine rings is 1. The Labute approximate surface area is 106 Å². The van der Waals surface area contributed by atoms with Gasteiger partial charge in [0.05, 0.1) is 16.6 Å². The number of carbonyl (C=O) groups is 1. The van der Waals surface area contributed by atoms with Crippen molar-refractivity contribution >= 4 is 16.8 Å². The van der Waals surface area contributed by atoms with Crippen molar-refractivity contribution in [1.29, 1.82) is 0 Å². The second-order valence-electron chi connectivity index (χ2n) is 5.23. The average Bonchev–Trinajstić information content (AvgIpc) is 2.35. The molecule has 1 aromatic heterocycles. The number of benzene rings is 1. The number of aromatic nitrogens is 1. The maximum absolute atomic E-state index is 12.4. The van der Waals surface area contributed by atoms with E-state index in [2.05, 4.69) is 4.98 Å². The van der Waals surface area contributed by atoms with Crippen molar-refractivity contribution in [1.82, 2.24) is 9.99 Å². The number of hydrogen-bond donors (Lipinski definition) is 1. The summed E-state index contributed by atoms with van der Waals surface area (Å²) in [7, 11) is 0. The molecule has 4 heteroatoms. The Hall–Kier alpha value is -1.94. The molecule has 0 fully saturated rings. The number of carbonyl (C=O) groups excluding carboxylic acids is 1. The topological polar surface area (TPSA) is 59.2 Å². The van der Waals surface area contributed by atoms with E-state index in [-0.39, 0.29) is 5.91 Å². The molecule has 18 heavy (non-hydrogen) atoms. The van der Waals surface area contributed by atoms with Crippen LogP contribution in [-0.2, 0) is 0 Å². The molecule has 0 radical (unpaired) electrons. The lowest BCUT2D eigenvalue weighted by Gasteiger charge is -2.31. The van der Waals surface area contributed by atoms with Gasteiger partial charge in [-0.2, -0.15) is 0 Å². The molecule has 2 rings (SSSR count). The van der Waals surface area contributed by atoms with E-state index in [9.17, 15) is 4.79 Å². The van der Waals surface area contributed by atoms with Crippen LogP contribution in [0, 0.1) is 0 Å². The summed E-state index contributed by atoms with van der Waals surface area (Å²) in [6, 6.07) is 9.30. The van der Waals surface area contributed by atoms with E-state index < -0.39 is 5.54 Å². The van der Waals surface area contributed by atoms with Crippen LogP contribution in [0.1, 0.15) is 31.1 Å². The summed E-state index contributed by atoms with van der Waals surface area (Å²) < 4.78 is 0. The molecule has 94 valence electrons. The first-order valence-electron chi connectivity index (χ1n) is 5.84. The Morgan fingerprint density at radius 1 is 1.22 bits per heavy atom. The third-order valence-electron chi connectivity index (χ3n) is 2.80. The minimum atomic E-state index is -0.423. The molecule has 0 aliphatic rings. The number of hydrogen-bond acceptors (Lipinski definition) is 3. The molecule has 1 amide bonds. The Morgan fingerprint density at radius 2 is 1.89 bits per heavy atom. The first-order valence-corrected chi connectivity index (χ1v) is 5.84. The average molecular weight is 243 g/mol. The first-order chi connectivity index (χ1) is 8.41. The van der Waals surface area contributed by atoms with Crippen molar-refractivity contribution in [2.75, 3.05) is 0 Å². The Bertz CT molecular complexity index is 582. The van der Waals surface area contributed by atoms with Crippen molar-refractivity contribution in [3.05, 3.63) is 42.1 Å². The normalized spacial score (nSPS) is 11.6. The molecular formula is C14H17N3O. The van der Waals surface area contributed by atoms with E-state index in [4.69, 9.17) is 5.84 Å². The SMILES string of the molecule is CC(C)(C)N(N)C(=O)c1cccc2cccnc12. The summed E-state index contributed by atoms with van der Waals surface area (Å²) >= 11 is 0. The van der Waals surface area contributed by atoms with Gasteiger partial charge in [-0.15, -0.1) is 0 Å². The van der Waals surface area contributed by atoms with E-state index in [0.29, 0.717) is 11.1 Å². The number of para-hydroxylation sites is 1. The van der Waals surface area contributed by atoms with Gasteiger partial charge in [0.25, 0.3) is 5.91 Å². The van der Waals surface area contributed by atoms with Crippen LogP contribution in [0.25, 0.3) is 10.9 Å². The van der Waals surface area contributed by atoms with Gasteiger partial charge in [0.15, 0.2) is 0 Å². The standard InChI is InChI=1S/C14H17N3O/c1-14(2,3)17(15)13(18)11-8-4-6-10-7-5-9-16-12(10)11/h4-9H,15H2,1-3H3. The molecule has 2 N–H and O–H groups in total. The smallest absolute Gasteiger partial charge is 0.270 e. The van der Waals surface area contributed by atoms with E-state index in [1.807, 2.05) is 45.0 Å². The predicted octanol–water partition coefficient (Wildman–Crippen LogP) is 2.35. The predicted molar refractivity (Wildman–Crippen MR) is 71.9 cm³/mol. The molecule has 0 atom stereocenters. The number of amides is 1. The molecule has 0 bridgehead atoms. The fourth-order valence-electron chi connectivity index (χ4n) is 1.71. The highest BCUT2D eigenvalue weighted by Crippen LogP contribution is 2.19. The van der Waals surface area contributed by atoms with Gasteiger partial charge < -0.3 is 0 Å². The lowest BCUT2D eigenvalue weighted by Crippen LogP contribution is -2.50. The third kappa shape index (κ3) is 2.19. The maximum atomic E-state index is 12.4. The summed E-state index contributed by atoms with van der Waals surface area (Å²) in [6.07, 6.45) is 1.68. The number of fused-ring (bicyclic) bond motifs is 1. The molecule has 1 aromatic carbocycles. The van der Waals surface area contributed by atoms with Crippen molar-refractivity contribution in [3.63, 3.8) is 0 Å². The summed E-state index contributed by atoms with van der Waals surface area (Å²) in [5.41, 5.74) is 0.795. The van der Waals surface area contributed by atoms with E-state index in [1.54, 1.807) is 12.3 Å². The van der Waals surface area contributed by atoms with Crippen LogP contribution in [0.5, 0.6) is 0 Å². The molecule has 2 aromatic rings. The molecule has 0 spiro atoms. The molecule has 1 heterocycles. The van der Waals surface area contributed by atoms with Crippen molar-refractivity contribution in [2.24, 2.45) is 5.84 Å². The Kier molecular flexibility index (Phi) is 3.05. The van der Waals surface area contributed by atoms with Crippen LogP contribution in [0.15, 0.2) is 36.5 Å². The number of hydrazine groups is 1. The summed E-state index contributed by atoms with van der Waals surface area (Å²) in [4.78, 5) is 16.6. The van der Waals surface area contributed by atoms with E-state index in [0.717, 1.165) is 5.39 Å². The van der Waals surface area contributed by atoms with Gasteiger partial charge in [-0.25, -0.2) is 5.84 Å². The molecule has 0 saturated heterocycles. The zero-order valence-electron chi connectivity index (χ0n) is 10.8. The molecule has 0 unspecified atom stereocenters. The first kappa shape index (κ1) is 12.5. The number of nitrogens with two attached hydrogens (primary N) is 1. The van der Waals surface area contributed by atoms with Crippen LogP contribution < -0.4 is 5.84 Å². The lowest BCUT2D eigenvalue weighted by atomic mass is 10.0. The quantitative estimate of drug-likeness (QED) is 0.475. The summed E-state index contributed by atoms with van der Waals surface area (Å²) in [5.74, 6) is 5.66. The zero-order chi connectivity index (χ0) is 13.3. The fourth-order valence-corrected chi connectivity index (χ4v) is 1.71. The van der Waals surface area contributed by atoms with Gasteiger partial charge in [0.2, 0.25) is 0 Å². The van der Waals surface area contributed by atoms with E-state index >= 15 is 0 Å². The van der Waals surface area contributed by atoms with Crippen LogP contribution in [0.3, 0.4) is 0 Å². The second kappa shape index (κ2) is 4.38. The number of rotatable bonds is 1. The highest BCUT2D eigenvalue weighted by atomic mass is 16.2. The van der Waals surface area contributed by atoms with Gasteiger partial charge in [0.1, 0.15) is 0 Å². The minimum absolute atomic E-state index is 0.216. The molecule has 4 nitrogen and oxygen atoms in total. The van der Waals surface area contributed by atoms with E-state index in [1.165, 1.54) is 5.01 Å². The second-order valence-corrected chi connectivity index (χ2v) is 5.23. The van der Waals surface area contributed by atoms with Crippen molar-refractivity contribution < 1.29 is 4.79 Å². The molecule has 0 saturated carbocycles. The molecule has 0 aliphatic heterocycles. The third-order valence-corrected chi connectivity index (χ3v) is 2.80. The number of nitrogens with zero attached hydrogens (tertiary/aromatic N) is 2. The summed E-state index contributed by atoms with van der Waals surface area (Å²) in [5, 5.41) is 2.18. The highest BCUT2D eigenvalue weighted by molar-refractivity contribution is 6.05. The Balaban J connectivity index is 2.52. The lowest BCUT2D eigenvalue weighted by molar-refractivity contribution is 0.0584. The molecular weight excluding hydrogens is 226 g/mol. The van der Waals surface area contributed by atoms with Crippen molar-refractivity contribution in [3.8, 4) is 0 Å². The maximum Gasteiger partial charge on any atom is 0.270 e. The van der Waals surface area contributed by atoms with Crippen molar-refractivity contribution in [2.45, 2.75) is 26.3 Å². The van der Waals surface area contributed by atoms with Crippen LogP contribution in [0.2, 0.25) is 0 Å². The molecule has 0 aliphatic carbocycles. The minimum Gasteiger partial charge on any atom is -0.271 e. The van der Waals surface area contributed by atoms with Crippen LogP contribution in [0.4, 0.5) is 0 Å². The summed E-state index contributed by atoms with van der Waals surface area (Å²) in [6.45, 7) is 5.68. The van der Waals surface area contributed by atoms with Gasteiger partial charge >= 0.3 is 0 Å². The van der Waals surface area contributed by atoms with Gasteiger partial charge in [-0.1, -0.05) is 18.2 Å². The van der Waals surface area contributed by atoms with Gasteiger partial charge in [-0.05, 0) is 32.9 Å². The zero-order valence-corrected chi connectivity index (χ0v) is 10.8. The van der Waals surface area contributed by atoms with Crippen LogP contribution >= 0.6 is 0 Å². The van der Waals surface area contributed by atoms with Gasteiger partial charge in [0, 0.05) is 11.6 Å². The van der Waals surface area contributed by atoms with Crippen LogP contribution in [-0.4, -0.2) is 21.4 Å². The fraction of sp³-hybridized carbons (Fsp3) is 0.286.